The van der Waals surface area contributed by atoms with E-state index in [4.69, 9.17) is 0 Å². The highest BCUT2D eigenvalue weighted by Gasteiger charge is 2.30. The fraction of sp³-hybridized carbons (Fsp3) is 0.429. The molecule has 1 unspecified atom stereocenters. The van der Waals surface area contributed by atoms with E-state index in [0.717, 1.165) is 60.8 Å². The van der Waals surface area contributed by atoms with Gasteiger partial charge in [0.1, 0.15) is 0 Å². The van der Waals surface area contributed by atoms with Crippen molar-refractivity contribution < 1.29 is 4.79 Å². The molecule has 3 aromatic rings. The molecule has 1 aliphatic carbocycles. The van der Waals surface area contributed by atoms with Gasteiger partial charge in [0, 0.05) is 18.2 Å². The van der Waals surface area contributed by atoms with Gasteiger partial charge in [-0.3, -0.25) is 9.59 Å². The molecule has 7 heteroatoms. The van der Waals surface area contributed by atoms with Crippen molar-refractivity contribution in [3.05, 3.63) is 57.8 Å². The van der Waals surface area contributed by atoms with E-state index in [9.17, 15) is 9.59 Å². The van der Waals surface area contributed by atoms with Crippen LogP contribution in [0.2, 0.25) is 0 Å². The first-order chi connectivity index (χ1) is 13.7. The maximum absolute atomic E-state index is 13.1. The Morgan fingerprint density at radius 2 is 2.07 bits per heavy atom. The van der Waals surface area contributed by atoms with Gasteiger partial charge in [-0.2, -0.15) is 5.10 Å². The minimum absolute atomic E-state index is 0.00296. The van der Waals surface area contributed by atoms with E-state index in [1.54, 1.807) is 17.1 Å². The number of imidazole rings is 1. The second-order valence-corrected chi connectivity index (χ2v) is 7.77. The normalized spacial score (nSPS) is 19.1. The highest BCUT2D eigenvalue weighted by atomic mass is 16.2. The standard InChI is InChI=1S/C21H23N5O2/c27-20-11-14-4-1-2-6-17(14)24-26(20)12-16-5-3-9-25(16)21(28)15-7-8-18-19(10-15)23-13-22-18/h7-8,10-11,13,16H,1-6,9,12H2,(H,22,23). The number of carbonyl (C=O) groups is 1. The zero-order valence-corrected chi connectivity index (χ0v) is 15.7. The summed E-state index contributed by atoms with van der Waals surface area (Å²) in [7, 11) is 0. The summed E-state index contributed by atoms with van der Waals surface area (Å²) in [6.07, 6.45) is 7.61. The summed E-state index contributed by atoms with van der Waals surface area (Å²) in [6.45, 7) is 1.17. The van der Waals surface area contributed by atoms with Crippen LogP contribution in [0.3, 0.4) is 0 Å². The number of rotatable bonds is 3. The van der Waals surface area contributed by atoms with Crippen molar-refractivity contribution in [1.82, 2.24) is 24.6 Å². The third kappa shape index (κ3) is 3.00. The maximum Gasteiger partial charge on any atom is 0.267 e. The zero-order chi connectivity index (χ0) is 19.1. The average molecular weight is 377 g/mol. The van der Waals surface area contributed by atoms with Crippen LogP contribution in [0.4, 0.5) is 0 Å². The number of aromatic amines is 1. The predicted molar refractivity (Wildman–Crippen MR) is 105 cm³/mol. The molecule has 1 saturated heterocycles. The van der Waals surface area contributed by atoms with Crippen LogP contribution in [-0.4, -0.2) is 43.1 Å². The van der Waals surface area contributed by atoms with Crippen molar-refractivity contribution in [3.8, 4) is 0 Å². The molecule has 0 radical (unpaired) electrons. The lowest BCUT2D eigenvalue weighted by molar-refractivity contribution is 0.0720. The molecule has 0 spiro atoms. The molecule has 1 fully saturated rings. The number of H-pyrrole nitrogens is 1. The van der Waals surface area contributed by atoms with Gasteiger partial charge in [0.2, 0.25) is 0 Å². The molecule has 1 atom stereocenters. The summed E-state index contributed by atoms with van der Waals surface area (Å²) in [6, 6.07) is 7.28. The van der Waals surface area contributed by atoms with Gasteiger partial charge in [-0.15, -0.1) is 0 Å². The zero-order valence-electron chi connectivity index (χ0n) is 15.7. The summed E-state index contributed by atoms with van der Waals surface area (Å²) in [4.78, 5) is 34.8. The summed E-state index contributed by atoms with van der Waals surface area (Å²) in [5.41, 5.74) is 4.44. The van der Waals surface area contributed by atoms with Crippen molar-refractivity contribution in [3.63, 3.8) is 0 Å². The second kappa shape index (κ2) is 6.89. The number of fused-ring (bicyclic) bond motifs is 2. The van der Waals surface area contributed by atoms with Crippen LogP contribution in [0, 0.1) is 0 Å². The molecule has 28 heavy (non-hydrogen) atoms. The van der Waals surface area contributed by atoms with E-state index in [2.05, 4.69) is 15.1 Å². The molecule has 144 valence electrons. The minimum Gasteiger partial charge on any atom is -0.345 e. The molecule has 1 aliphatic heterocycles. The number of aromatic nitrogens is 4. The van der Waals surface area contributed by atoms with E-state index >= 15 is 0 Å². The molecule has 2 aliphatic rings. The lowest BCUT2D eigenvalue weighted by atomic mass is 9.97. The summed E-state index contributed by atoms with van der Waals surface area (Å²) >= 11 is 0. The SMILES string of the molecule is O=C(c1ccc2nc[nH]c2c1)N1CCCC1Cn1nc2c(cc1=O)CCCC2. The van der Waals surface area contributed by atoms with Gasteiger partial charge < -0.3 is 9.88 Å². The molecular weight excluding hydrogens is 354 g/mol. The number of hydrogen-bond acceptors (Lipinski definition) is 4. The Morgan fingerprint density at radius 1 is 1.18 bits per heavy atom. The van der Waals surface area contributed by atoms with Crippen LogP contribution in [0.25, 0.3) is 11.0 Å². The third-order valence-electron chi connectivity index (χ3n) is 5.96. The molecule has 3 heterocycles. The molecule has 0 bridgehead atoms. The van der Waals surface area contributed by atoms with Gasteiger partial charge in [-0.1, -0.05) is 0 Å². The van der Waals surface area contributed by atoms with Gasteiger partial charge in [0.25, 0.3) is 11.5 Å². The lowest BCUT2D eigenvalue weighted by Gasteiger charge is -2.25. The Bertz CT molecular complexity index is 1100. The smallest absolute Gasteiger partial charge is 0.267 e. The highest BCUT2D eigenvalue weighted by molar-refractivity contribution is 5.97. The first kappa shape index (κ1) is 17.2. The van der Waals surface area contributed by atoms with Crippen molar-refractivity contribution in [2.75, 3.05) is 6.54 Å². The van der Waals surface area contributed by atoms with Gasteiger partial charge in [-0.25, -0.2) is 9.67 Å². The summed E-state index contributed by atoms with van der Waals surface area (Å²) in [5.74, 6) is 0.00464. The van der Waals surface area contributed by atoms with Crippen molar-refractivity contribution >= 4 is 16.9 Å². The largest absolute Gasteiger partial charge is 0.345 e. The topological polar surface area (TPSA) is 83.9 Å². The first-order valence-electron chi connectivity index (χ1n) is 10.0. The van der Waals surface area contributed by atoms with Crippen LogP contribution >= 0.6 is 0 Å². The molecule has 0 saturated carbocycles. The van der Waals surface area contributed by atoms with Crippen molar-refractivity contribution in [2.24, 2.45) is 0 Å². The number of aryl methyl sites for hydroxylation is 2. The number of amides is 1. The van der Waals surface area contributed by atoms with Crippen LogP contribution in [0.15, 0.2) is 35.4 Å². The Hall–Kier alpha value is -2.96. The van der Waals surface area contributed by atoms with Crippen LogP contribution < -0.4 is 5.56 Å². The van der Waals surface area contributed by atoms with Crippen molar-refractivity contribution in [2.45, 2.75) is 51.1 Å². The molecule has 2 aromatic heterocycles. The van der Waals surface area contributed by atoms with E-state index in [1.165, 1.54) is 0 Å². The monoisotopic (exact) mass is 377 g/mol. The number of carbonyl (C=O) groups excluding carboxylic acids is 1. The van der Waals surface area contributed by atoms with Crippen molar-refractivity contribution in [1.29, 1.82) is 0 Å². The van der Waals surface area contributed by atoms with Crippen LogP contribution in [0.1, 0.15) is 47.3 Å². The number of benzene rings is 1. The number of likely N-dealkylation sites (tertiary alicyclic amines) is 1. The number of nitrogens with zero attached hydrogens (tertiary/aromatic N) is 4. The molecular formula is C21H23N5O2. The lowest BCUT2D eigenvalue weighted by Crippen LogP contribution is -2.41. The fourth-order valence-electron chi connectivity index (χ4n) is 4.46. The van der Waals surface area contributed by atoms with E-state index in [-0.39, 0.29) is 17.5 Å². The van der Waals surface area contributed by atoms with E-state index in [1.807, 2.05) is 23.1 Å². The molecule has 1 amide bonds. The Kier molecular flexibility index (Phi) is 4.22. The third-order valence-corrected chi connectivity index (χ3v) is 5.96. The number of nitrogens with one attached hydrogen (secondary N) is 1. The van der Waals surface area contributed by atoms with E-state index < -0.39 is 0 Å². The maximum atomic E-state index is 13.1. The van der Waals surface area contributed by atoms with Crippen LogP contribution in [0.5, 0.6) is 0 Å². The van der Waals surface area contributed by atoms with Crippen LogP contribution in [-0.2, 0) is 19.4 Å². The van der Waals surface area contributed by atoms with Gasteiger partial charge in [0.05, 0.1) is 35.6 Å². The quantitative estimate of drug-likeness (QED) is 0.759. The Labute approximate surface area is 162 Å². The van der Waals surface area contributed by atoms with Gasteiger partial charge in [0.15, 0.2) is 0 Å². The Morgan fingerprint density at radius 3 is 3.00 bits per heavy atom. The van der Waals surface area contributed by atoms with Gasteiger partial charge >= 0.3 is 0 Å². The first-order valence-corrected chi connectivity index (χ1v) is 10.0. The summed E-state index contributed by atoms with van der Waals surface area (Å²) < 4.78 is 1.57. The van der Waals surface area contributed by atoms with Gasteiger partial charge in [-0.05, 0) is 62.3 Å². The second-order valence-electron chi connectivity index (χ2n) is 7.77. The number of hydrogen-bond donors (Lipinski definition) is 1. The molecule has 1 N–H and O–H groups in total. The van der Waals surface area contributed by atoms with E-state index in [0.29, 0.717) is 18.7 Å². The average Bonchev–Trinajstić information content (AvgIpc) is 3.36. The fourth-order valence-corrected chi connectivity index (χ4v) is 4.46. The molecule has 1 aromatic carbocycles. The highest BCUT2D eigenvalue weighted by Crippen LogP contribution is 2.23. The molecule has 5 rings (SSSR count). The summed E-state index contributed by atoms with van der Waals surface area (Å²) in [5, 5.41) is 4.63. The Balaban J connectivity index is 1.39. The predicted octanol–water partition coefficient (Wildman–Crippen LogP) is 2.30. The minimum atomic E-state index is -0.0566. The molecule has 7 nitrogen and oxygen atoms in total.